The van der Waals surface area contributed by atoms with Crippen LogP contribution in [-0.4, -0.2) is 35.7 Å². The number of likely N-dealkylation sites (tertiary alicyclic amines) is 1. The quantitative estimate of drug-likeness (QED) is 0.518. The molecular weight excluding hydrogens is 417 g/mol. The largest absolute Gasteiger partial charge is 0.487 e. The highest BCUT2D eigenvalue weighted by Crippen LogP contribution is 2.35. The van der Waals surface area contributed by atoms with Crippen molar-refractivity contribution >= 4 is 17.6 Å². The number of halogens is 2. The van der Waals surface area contributed by atoms with Crippen LogP contribution in [0.3, 0.4) is 0 Å². The molecule has 0 spiro atoms. The minimum Gasteiger partial charge on any atom is -0.487 e. The van der Waals surface area contributed by atoms with Gasteiger partial charge in [0.15, 0.2) is 0 Å². The molecule has 1 aliphatic heterocycles. The van der Waals surface area contributed by atoms with E-state index in [0.717, 1.165) is 19.5 Å². The van der Waals surface area contributed by atoms with Crippen LogP contribution in [0.15, 0.2) is 42.5 Å². The Balaban J connectivity index is 1.74. The van der Waals surface area contributed by atoms with Gasteiger partial charge >= 0.3 is 5.97 Å². The molecule has 1 heterocycles. The Morgan fingerprint density at radius 1 is 1.23 bits per heavy atom. The molecule has 1 atom stereocenters. The van der Waals surface area contributed by atoms with Crippen LogP contribution in [0.1, 0.15) is 57.0 Å². The molecule has 0 amide bonds. The fourth-order valence-electron chi connectivity index (χ4n) is 4.03. The highest BCUT2D eigenvalue weighted by molar-refractivity contribution is 6.32. The van der Waals surface area contributed by atoms with Gasteiger partial charge in [0.1, 0.15) is 23.3 Å². The van der Waals surface area contributed by atoms with Gasteiger partial charge in [-0.2, -0.15) is 0 Å². The lowest BCUT2D eigenvalue weighted by molar-refractivity contribution is 0.00643. The highest BCUT2D eigenvalue weighted by Gasteiger charge is 2.34. The molecule has 4 nitrogen and oxygen atoms in total. The lowest BCUT2D eigenvalue weighted by atomic mass is 9.82. The minimum atomic E-state index is -0.744. The second kappa shape index (κ2) is 9.17. The molecule has 0 bridgehead atoms. The summed E-state index contributed by atoms with van der Waals surface area (Å²) in [6.45, 7) is 12.1. The van der Waals surface area contributed by atoms with Crippen LogP contribution in [0.25, 0.3) is 0 Å². The van der Waals surface area contributed by atoms with E-state index in [1.165, 1.54) is 17.7 Å². The maximum absolute atomic E-state index is 14.7. The zero-order valence-corrected chi connectivity index (χ0v) is 19.6. The molecule has 2 aromatic rings. The number of hydrogen-bond acceptors (Lipinski definition) is 4. The Bertz CT molecular complexity index is 924. The normalized spacial score (nSPS) is 19.1. The molecule has 0 aromatic heterocycles. The standard InChI is InChI=1S/C25H31ClFNO3/c1-24(2,3)31-23(29)19-11-20(26)22(12-21(19)27)30-18-13-25(4,5)16-28(15-18)14-17-9-7-6-8-10-17/h6-12,18H,13-16H2,1-5H3/t18-/m1/s1. The number of carbonyl (C=O) groups is 1. The predicted molar refractivity (Wildman–Crippen MR) is 121 cm³/mol. The van der Waals surface area contributed by atoms with Crippen molar-refractivity contribution in [2.75, 3.05) is 13.1 Å². The molecule has 168 valence electrons. The lowest BCUT2D eigenvalue weighted by Gasteiger charge is -2.42. The van der Waals surface area contributed by atoms with Crippen LogP contribution in [0, 0.1) is 11.2 Å². The first-order valence-electron chi connectivity index (χ1n) is 10.6. The van der Waals surface area contributed by atoms with Gasteiger partial charge in [0.2, 0.25) is 0 Å². The van der Waals surface area contributed by atoms with Gasteiger partial charge in [0, 0.05) is 25.7 Å². The molecular formula is C25H31ClFNO3. The summed E-state index contributed by atoms with van der Waals surface area (Å²) < 4.78 is 26.1. The van der Waals surface area contributed by atoms with Gasteiger partial charge in [-0.15, -0.1) is 0 Å². The van der Waals surface area contributed by atoms with Crippen molar-refractivity contribution in [1.82, 2.24) is 4.90 Å². The molecule has 1 aliphatic rings. The number of ether oxygens (including phenoxy) is 2. The summed E-state index contributed by atoms with van der Waals surface area (Å²) in [6.07, 6.45) is 0.682. The van der Waals surface area contributed by atoms with Crippen LogP contribution < -0.4 is 4.74 Å². The predicted octanol–water partition coefficient (Wildman–Crippen LogP) is 6.11. The third-order valence-electron chi connectivity index (χ3n) is 5.08. The second-order valence-corrected chi connectivity index (χ2v) is 10.4. The summed E-state index contributed by atoms with van der Waals surface area (Å²) in [5.74, 6) is -1.20. The van der Waals surface area contributed by atoms with Crippen LogP contribution >= 0.6 is 11.6 Å². The number of hydrogen-bond donors (Lipinski definition) is 0. The summed E-state index contributed by atoms with van der Waals surface area (Å²) >= 11 is 6.36. The van der Waals surface area contributed by atoms with Gasteiger partial charge in [-0.05, 0) is 44.2 Å². The number of piperidine rings is 1. The first kappa shape index (κ1) is 23.6. The Morgan fingerprint density at radius 3 is 2.55 bits per heavy atom. The Labute approximate surface area is 189 Å². The summed E-state index contributed by atoms with van der Waals surface area (Å²) in [4.78, 5) is 14.6. The zero-order chi connectivity index (χ0) is 22.8. The topological polar surface area (TPSA) is 38.8 Å². The molecule has 1 saturated heterocycles. The smallest absolute Gasteiger partial charge is 0.341 e. The van der Waals surface area contributed by atoms with Crippen molar-refractivity contribution in [3.05, 3.63) is 64.4 Å². The maximum atomic E-state index is 14.7. The van der Waals surface area contributed by atoms with E-state index in [1.807, 2.05) is 18.2 Å². The number of nitrogens with zero attached hydrogens (tertiary/aromatic N) is 1. The lowest BCUT2D eigenvalue weighted by Crippen LogP contribution is -2.48. The molecule has 1 fully saturated rings. The van der Waals surface area contributed by atoms with E-state index in [9.17, 15) is 9.18 Å². The number of rotatable bonds is 5. The van der Waals surface area contributed by atoms with Crippen LogP contribution in [0.2, 0.25) is 5.02 Å². The van der Waals surface area contributed by atoms with E-state index in [0.29, 0.717) is 6.54 Å². The van der Waals surface area contributed by atoms with Crippen molar-refractivity contribution in [3.63, 3.8) is 0 Å². The Hall–Kier alpha value is -2.11. The fourth-order valence-corrected chi connectivity index (χ4v) is 4.24. The Kier molecular flexibility index (Phi) is 6.97. The monoisotopic (exact) mass is 447 g/mol. The number of benzene rings is 2. The molecule has 0 radical (unpaired) electrons. The molecule has 6 heteroatoms. The van der Waals surface area contributed by atoms with Gasteiger partial charge in [0.05, 0.1) is 10.6 Å². The van der Waals surface area contributed by atoms with Crippen molar-refractivity contribution in [3.8, 4) is 5.75 Å². The van der Waals surface area contributed by atoms with Crippen LogP contribution in [0.5, 0.6) is 5.75 Å². The van der Waals surface area contributed by atoms with E-state index in [1.54, 1.807) is 20.8 Å². The summed E-state index contributed by atoms with van der Waals surface area (Å²) in [7, 11) is 0. The third-order valence-corrected chi connectivity index (χ3v) is 5.37. The Morgan fingerprint density at radius 2 is 1.90 bits per heavy atom. The van der Waals surface area contributed by atoms with Gasteiger partial charge in [-0.25, -0.2) is 9.18 Å². The average molecular weight is 448 g/mol. The van der Waals surface area contributed by atoms with Crippen LogP contribution in [-0.2, 0) is 11.3 Å². The van der Waals surface area contributed by atoms with Gasteiger partial charge in [-0.3, -0.25) is 4.90 Å². The van der Waals surface area contributed by atoms with Gasteiger partial charge in [0.25, 0.3) is 0 Å². The summed E-state index contributed by atoms with van der Waals surface area (Å²) in [5, 5.41) is 0.195. The van der Waals surface area contributed by atoms with Gasteiger partial charge < -0.3 is 9.47 Å². The minimum absolute atomic E-state index is 0.0408. The number of esters is 1. The summed E-state index contributed by atoms with van der Waals surface area (Å²) in [6, 6.07) is 12.8. The van der Waals surface area contributed by atoms with E-state index in [-0.39, 0.29) is 27.9 Å². The summed E-state index contributed by atoms with van der Waals surface area (Å²) in [5.41, 5.74) is 0.368. The molecule has 0 unspecified atom stereocenters. The maximum Gasteiger partial charge on any atom is 0.341 e. The van der Waals surface area contributed by atoms with Crippen molar-refractivity contribution in [1.29, 1.82) is 0 Å². The molecule has 0 saturated carbocycles. The first-order chi connectivity index (χ1) is 14.4. The van der Waals surface area contributed by atoms with Crippen LogP contribution in [0.4, 0.5) is 4.39 Å². The van der Waals surface area contributed by atoms with E-state index in [2.05, 4.69) is 30.9 Å². The third kappa shape index (κ3) is 6.68. The van der Waals surface area contributed by atoms with Crippen molar-refractivity contribution in [2.45, 2.75) is 59.3 Å². The second-order valence-electron chi connectivity index (χ2n) is 10.0. The van der Waals surface area contributed by atoms with Crippen molar-refractivity contribution in [2.24, 2.45) is 5.41 Å². The molecule has 31 heavy (non-hydrogen) atoms. The molecule has 2 aromatic carbocycles. The van der Waals surface area contributed by atoms with E-state index >= 15 is 0 Å². The molecule has 0 N–H and O–H groups in total. The number of carbonyl (C=O) groups excluding carboxylic acids is 1. The zero-order valence-electron chi connectivity index (χ0n) is 18.9. The molecule has 3 rings (SSSR count). The SMILES string of the molecule is CC1(C)C[C@@H](Oc2cc(F)c(C(=O)OC(C)(C)C)cc2Cl)CN(Cc2ccccc2)C1. The average Bonchev–Trinajstić information content (AvgIpc) is 2.62. The highest BCUT2D eigenvalue weighted by atomic mass is 35.5. The molecule has 0 aliphatic carbocycles. The first-order valence-corrected chi connectivity index (χ1v) is 10.9. The van der Waals surface area contributed by atoms with E-state index in [4.69, 9.17) is 21.1 Å². The van der Waals surface area contributed by atoms with Gasteiger partial charge in [-0.1, -0.05) is 55.8 Å². The van der Waals surface area contributed by atoms with Crippen molar-refractivity contribution < 1.29 is 18.7 Å². The van der Waals surface area contributed by atoms with E-state index < -0.39 is 17.4 Å². The fraction of sp³-hybridized carbons (Fsp3) is 0.480.